The molecule has 4 aromatic rings. The molecule has 1 aromatic carbocycles. The molecule has 10 nitrogen and oxygen atoms in total. The first-order valence-corrected chi connectivity index (χ1v) is 10.9. The normalized spacial score (nSPS) is 12.8. The number of Topliss-reactive ketones (excluding diaryl/α,β-unsaturated/α-hetero) is 1. The molecule has 0 spiro atoms. The number of aliphatic hydroxyl groups is 1. The van der Waals surface area contributed by atoms with Crippen molar-refractivity contribution >= 4 is 5.78 Å². The van der Waals surface area contributed by atoms with Gasteiger partial charge in [-0.15, -0.1) is 10.2 Å². The van der Waals surface area contributed by atoms with E-state index in [9.17, 15) is 4.79 Å². The molecule has 0 unspecified atom stereocenters. The van der Waals surface area contributed by atoms with Crippen LogP contribution in [0.2, 0.25) is 0 Å². The largest absolute Gasteiger partial charge is 0.493 e. The summed E-state index contributed by atoms with van der Waals surface area (Å²) in [6.45, 7) is 5.06. The Morgan fingerprint density at radius 3 is 2.97 bits per heavy atom. The van der Waals surface area contributed by atoms with E-state index in [4.69, 9.17) is 14.9 Å². The van der Waals surface area contributed by atoms with Crippen molar-refractivity contribution in [2.45, 2.75) is 39.3 Å². The summed E-state index contributed by atoms with van der Waals surface area (Å²) in [5.74, 6) is 1.33. The maximum Gasteiger partial charge on any atom is 0.252 e. The van der Waals surface area contributed by atoms with E-state index in [0.29, 0.717) is 36.8 Å². The Bertz CT molecular complexity index is 1300. The van der Waals surface area contributed by atoms with Crippen molar-refractivity contribution in [1.29, 1.82) is 0 Å². The Morgan fingerprint density at radius 1 is 1.27 bits per heavy atom. The lowest BCUT2D eigenvalue weighted by molar-refractivity contribution is 0.0993. The average molecular weight is 447 g/mol. The monoisotopic (exact) mass is 447 g/mol. The van der Waals surface area contributed by atoms with Crippen LogP contribution < -0.4 is 4.74 Å². The van der Waals surface area contributed by atoms with Crippen molar-refractivity contribution in [3.05, 3.63) is 59.8 Å². The minimum Gasteiger partial charge on any atom is -0.493 e. The second kappa shape index (κ2) is 8.62. The number of ether oxygens (including phenoxy) is 1. The lowest BCUT2D eigenvalue weighted by atomic mass is 9.99. The molecule has 33 heavy (non-hydrogen) atoms. The molecule has 0 saturated carbocycles. The van der Waals surface area contributed by atoms with Crippen LogP contribution in [0.5, 0.6) is 5.75 Å². The Balaban J connectivity index is 1.48. The third-order valence-corrected chi connectivity index (χ3v) is 5.67. The van der Waals surface area contributed by atoms with Gasteiger partial charge in [0.2, 0.25) is 0 Å². The van der Waals surface area contributed by atoms with Crippen LogP contribution in [0.25, 0.3) is 17.2 Å². The zero-order valence-corrected chi connectivity index (χ0v) is 18.5. The molecule has 3 aromatic heterocycles. The molecule has 0 fully saturated rings. The molecule has 0 saturated heterocycles. The second-order valence-corrected chi connectivity index (χ2v) is 8.32. The first-order chi connectivity index (χ1) is 16.0. The van der Waals surface area contributed by atoms with E-state index >= 15 is 0 Å². The summed E-state index contributed by atoms with van der Waals surface area (Å²) >= 11 is 0. The summed E-state index contributed by atoms with van der Waals surface area (Å²) in [6.07, 6.45) is 8.03. The average Bonchev–Trinajstić information content (AvgIpc) is 3.52. The number of rotatable bonds is 7. The summed E-state index contributed by atoms with van der Waals surface area (Å²) in [6, 6.07) is 5.67. The predicted molar refractivity (Wildman–Crippen MR) is 120 cm³/mol. The molecule has 0 aliphatic carbocycles. The Kier molecular flexibility index (Phi) is 5.51. The third kappa shape index (κ3) is 4.05. The number of carbonyl (C=O) groups excluding carboxylic acids is 1. The number of fused-ring (bicyclic) bond motifs is 3. The van der Waals surface area contributed by atoms with Gasteiger partial charge in [0.05, 0.1) is 31.6 Å². The van der Waals surface area contributed by atoms with Crippen molar-refractivity contribution < 1.29 is 14.6 Å². The van der Waals surface area contributed by atoms with E-state index in [0.717, 1.165) is 22.4 Å². The number of aromatic nitrogens is 7. The van der Waals surface area contributed by atoms with Crippen molar-refractivity contribution in [2.24, 2.45) is 0 Å². The number of ketones is 1. The predicted octanol–water partition coefficient (Wildman–Crippen LogP) is 2.26. The van der Waals surface area contributed by atoms with E-state index in [2.05, 4.69) is 29.1 Å². The number of aliphatic hydroxyl groups excluding tert-OH is 1. The first-order valence-electron chi connectivity index (χ1n) is 10.9. The molecule has 0 bridgehead atoms. The number of benzene rings is 1. The van der Waals surface area contributed by atoms with E-state index < -0.39 is 0 Å². The van der Waals surface area contributed by atoms with E-state index in [1.54, 1.807) is 34.2 Å². The van der Waals surface area contributed by atoms with Crippen LogP contribution in [0, 0.1) is 0 Å². The quantitative estimate of drug-likeness (QED) is 0.432. The zero-order chi connectivity index (χ0) is 22.9. The minimum atomic E-state index is -0.0221. The number of carbonyl (C=O) groups is 1. The van der Waals surface area contributed by atoms with Crippen LogP contribution in [0.4, 0.5) is 0 Å². The van der Waals surface area contributed by atoms with Crippen LogP contribution in [-0.4, -0.2) is 58.4 Å². The minimum absolute atomic E-state index is 0.00233. The Hall–Kier alpha value is -3.79. The number of hydrogen-bond acceptors (Lipinski definition) is 7. The topological polar surface area (TPSA) is 113 Å². The van der Waals surface area contributed by atoms with Crippen LogP contribution in [0.3, 0.4) is 0 Å². The molecular formula is C23H25N7O3. The highest BCUT2D eigenvalue weighted by Crippen LogP contribution is 2.36. The molecule has 0 atom stereocenters. The van der Waals surface area contributed by atoms with Gasteiger partial charge in [-0.05, 0) is 37.6 Å². The van der Waals surface area contributed by atoms with Gasteiger partial charge in [0.25, 0.3) is 5.95 Å². The van der Waals surface area contributed by atoms with E-state index in [1.807, 2.05) is 22.9 Å². The van der Waals surface area contributed by atoms with Gasteiger partial charge in [-0.25, -0.2) is 4.68 Å². The summed E-state index contributed by atoms with van der Waals surface area (Å²) in [5.41, 5.74) is 3.99. The standard InChI is InChI=1S/C23H25N7O3/c1-15(2)29-14-24-26-23(29)30-13-18-5-8-33-21-4-3-17(10-19(21)22(18)27-30)20(32)9-16-11-25-28(12-16)6-7-31/h3-4,10-15,31H,5-9H2,1-2H3. The molecule has 1 aliphatic heterocycles. The highest BCUT2D eigenvalue weighted by molar-refractivity contribution is 5.99. The van der Waals surface area contributed by atoms with Gasteiger partial charge in [0.1, 0.15) is 12.1 Å². The summed E-state index contributed by atoms with van der Waals surface area (Å²) < 4.78 is 11.3. The third-order valence-electron chi connectivity index (χ3n) is 5.67. The van der Waals surface area contributed by atoms with Gasteiger partial charge < -0.3 is 9.84 Å². The van der Waals surface area contributed by atoms with Gasteiger partial charge in [0, 0.05) is 48.0 Å². The summed E-state index contributed by atoms with van der Waals surface area (Å²) in [5, 5.41) is 26.3. The molecule has 10 heteroatoms. The maximum absolute atomic E-state index is 13.0. The maximum atomic E-state index is 13.0. The van der Waals surface area contributed by atoms with Gasteiger partial charge >= 0.3 is 0 Å². The number of hydrogen-bond donors (Lipinski definition) is 1. The number of nitrogens with zero attached hydrogens (tertiary/aromatic N) is 7. The van der Waals surface area contributed by atoms with Crippen LogP contribution >= 0.6 is 0 Å². The fraction of sp³-hybridized carbons (Fsp3) is 0.348. The first kappa shape index (κ1) is 21.1. The molecule has 5 rings (SSSR count). The molecule has 1 N–H and O–H groups in total. The van der Waals surface area contributed by atoms with Crippen LogP contribution in [0.15, 0.2) is 43.1 Å². The lowest BCUT2D eigenvalue weighted by Crippen LogP contribution is -2.09. The van der Waals surface area contributed by atoms with E-state index in [-0.39, 0.29) is 24.9 Å². The van der Waals surface area contributed by atoms with Crippen molar-refractivity contribution in [3.63, 3.8) is 0 Å². The van der Waals surface area contributed by atoms with E-state index in [1.165, 1.54) is 0 Å². The Labute approximate surface area is 190 Å². The van der Waals surface area contributed by atoms with Gasteiger partial charge in [-0.3, -0.25) is 14.0 Å². The smallest absolute Gasteiger partial charge is 0.252 e. The second-order valence-electron chi connectivity index (χ2n) is 8.32. The van der Waals surface area contributed by atoms with Crippen LogP contribution in [-0.2, 0) is 19.4 Å². The highest BCUT2D eigenvalue weighted by Gasteiger charge is 2.23. The fourth-order valence-corrected chi connectivity index (χ4v) is 3.98. The van der Waals surface area contributed by atoms with Gasteiger partial charge in [-0.2, -0.15) is 10.2 Å². The van der Waals surface area contributed by atoms with Crippen molar-refractivity contribution in [1.82, 2.24) is 34.3 Å². The van der Waals surface area contributed by atoms with Gasteiger partial charge in [-0.1, -0.05) is 0 Å². The molecule has 0 radical (unpaired) electrons. The Morgan fingerprint density at radius 2 is 2.15 bits per heavy atom. The van der Waals surface area contributed by atoms with Crippen molar-refractivity contribution in [3.8, 4) is 23.0 Å². The van der Waals surface area contributed by atoms with Crippen molar-refractivity contribution in [2.75, 3.05) is 13.2 Å². The summed E-state index contributed by atoms with van der Waals surface area (Å²) in [4.78, 5) is 13.0. The SMILES string of the molecule is CC(C)n1cnnc1-n1cc2c(n1)-c1cc(C(=O)Cc3cnn(CCO)c3)ccc1OCC2. The highest BCUT2D eigenvalue weighted by atomic mass is 16.5. The lowest BCUT2D eigenvalue weighted by Gasteiger charge is -2.10. The summed E-state index contributed by atoms with van der Waals surface area (Å²) in [7, 11) is 0. The fourth-order valence-electron chi connectivity index (χ4n) is 3.98. The molecular weight excluding hydrogens is 422 g/mol. The molecule has 1 aliphatic rings. The molecule has 4 heterocycles. The van der Waals surface area contributed by atoms with Crippen LogP contribution in [0.1, 0.15) is 41.4 Å². The van der Waals surface area contributed by atoms with Gasteiger partial charge in [0.15, 0.2) is 5.78 Å². The molecule has 170 valence electrons. The molecule has 0 amide bonds. The zero-order valence-electron chi connectivity index (χ0n) is 18.5.